The van der Waals surface area contributed by atoms with Crippen molar-refractivity contribution in [3.8, 4) is 0 Å². The zero-order valence-corrected chi connectivity index (χ0v) is 13.4. The summed E-state index contributed by atoms with van der Waals surface area (Å²) < 4.78 is 31.0. The van der Waals surface area contributed by atoms with Crippen molar-refractivity contribution in [1.29, 1.82) is 0 Å². The predicted molar refractivity (Wildman–Crippen MR) is 77.6 cm³/mol. The summed E-state index contributed by atoms with van der Waals surface area (Å²) in [6, 6.07) is 3.32. The number of methoxy groups -OCH3 is 1. The van der Waals surface area contributed by atoms with Crippen molar-refractivity contribution >= 4 is 37.6 Å². The molecule has 8 nitrogen and oxygen atoms in total. The SMILES string of the molecule is COC(=O)[C@H](CCBr)NS(=O)(=O)c1ccc([N+](=O)[O-])cc1. The smallest absolute Gasteiger partial charge is 0.323 e. The van der Waals surface area contributed by atoms with E-state index >= 15 is 0 Å². The van der Waals surface area contributed by atoms with Gasteiger partial charge in [0.1, 0.15) is 6.04 Å². The highest BCUT2D eigenvalue weighted by Crippen LogP contribution is 2.16. The molecule has 0 amide bonds. The lowest BCUT2D eigenvalue weighted by Crippen LogP contribution is -2.41. The van der Waals surface area contributed by atoms with Crippen LogP contribution in [0.3, 0.4) is 0 Å². The topological polar surface area (TPSA) is 116 Å². The lowest BCUT2D eigenvalue weighted by Gasteiger charge is -2.15. The molecule has 0 saturated heterocycles. The van der Waals surface area contributed by atoms with Crippen molar-refractivity contribution in [2.75, 3.05) is 12.4 Å². The molecule has 0 radical (unpaired) electrons. The van der Waals surface area contributed by atoms with Crippen LogP contribution in [0.5, 0.6) is 0 Å². The van der Waals surface area contributed by atoms with E-state index in [0.29, 0.717) is 5.33 Å². The molecule has 0 heterocycles. The van der Waals surface area contributed by atoms with Gasteiger partial charge in [-0.25, -0.2) is 8.42 Å². The quantitative estimate of drug-likeness (QED) is 0.328. The summed E-state index contributed by atoms with van der Waals surface area (Å²) in [6.07, 6.45) is 0.207. The Bertz CT molecular complexity index is 616. The molecular formula is C11H13BrN2O6S. The Balaban J connectivity index is 2.98. The van der Waals surface area contributed by atoms with Gasteiger partial charge in [0, 0.05) is 17.5 Å². The Morgan fingerprint density at radius 1 is 1.43 bits per heavy atom. The van der Waals surface area contributed by atoms with Crippen molar-refractivity contribution in [1.82, 2.24) is 4.72 Å². The lowest BCUT2D eigenvalue weighted by molar-refractivity contribution is -0.384. The van der Waals surface area contributed by atoms with Crippen LogP contribution in [-0.4, -0.2) is 37.8 Å². The molecule has 0 aliphatic carbocycles. The zero-order chi connectivity index (χ0) is 16.0. The van der Waals surface area contributed by atoms with Crippen LogP contribution in [0.4, 0.5) is 5.69 Å². The summed E-state index contributed by atoms with van der Waals surface area (Å²) in [5, 5.41) is 10.9. The first-order chi connectivity index (χ1) is 9.81. The highest BCUT2D eigenvalue weighted by Gasteiger charge is 2.26. The van der Waals surface area contributed by atoms with Crippen molar-refractivity contribution in [2.24, 2.45) is 0 Å². The number of benzene rings is 1. The minimum Gasteiger partial charge on any atom is -0.468 e. The summed E-state index contributed by atoms with van der Waals surface area (Å²) in [4.78, 5) is 21.2. The van der Waals surface area contributed by atoms with Gasteiger partial charge in [-0.3, -0.25) is 14.9 Å². The van der Waals surface area contributed by atoms with Crippen LogP contribution in [0.2, 0.25) is 0 Å². The molecule has 0 unspecified atom stereocenters. The summed E-state index contributed by atoms with van der Waals surface area (Å²) >= 11 is 3.12. The maximum atomic E-state index is 12.1. The number of rotatable bonds is 7. The summed E-state index contributed by atoms with van der Waals surface area (Å²) in [5.74, 6) is -0.708. The lowest BCUT2D eigenvalue weighted by atomic mass is 10.2. The van der Waals surface area contributed by atoms with Crippen molar-refractivity contribution in [3.63, 3.8) is 0 Å². The summed E-state index contributed by atoms with van der Waals surface area (Å²) in [6.45, 7) is 0. The minimum absolute atomic E-state index is 0.170. The number of hydrogen-bond donors (Lipinski definition) is 1. The van der Waals surface area contributed by atoms with Gasteiger partial charge in [0.25, 0.3) is 5.69 Å². The Hall–Kier alpha value is -1.52. The van der Waals surface area contributed by atoms with Crippen LogP contribution in [0.25, 0.3) is 0 Å². The average molecular weight is 381 g/mol. The second-order valence-corrected chi connectivity index (χ2v) is 6.43. The fourth-order valence-electron chi connectivity index (χ4n) is 1.48. The Morgan fingerprint density at radius 2 is 2.00 bits per heavy atom. The van der Waals surface area contributed by atoms with Crippen molar-refractivity contribution < 1.29 is 22.9 Å². The number of esters is 1. The van der Waals surface area contributed by atoms with E-state index in [0.717, 1.165) is 31.4 Å². The van der Waals surface area contributed by atoms with Crippen molar-refractivity contribution in [2.45, 2.75) is 17.4 Å². The third-order valence-electron chi connectivity index (χ3n) is 2.54. The fraction of sp³-hybridized carbons (Fsp3) is 0.364. The second-order valence-electron chi connectivity index (χ2n) is 3.93. The van der Waals surface area contributed by atoms with E-state index in [1.54, 1.807) is 0 Å². The van der Waals surface area contributed by atoms with Crippen LogP contribution < -0.4 is 4.72 Å². The third kappa shape index (κ3) is 4.76. The highest BCUT2D eigenvalue weighted by molar-refractivity contribution is 9.09. The van der Waals surface area contributed by atoms with Gasteiger partial charge in [0.2, 0.25) is 10.0 Å². The van der Waals surface area contributed by atoms with Gasteiger partial charge in [-0.15, -0.1) is 0 Å². The van der Waals surface area contributed by atoms with Crippen LogP contribution in [0, 0.1) is 10.1 Å². The maximum absolute atomic E-state index is 12.1. The van der Waals surface area contributed by atoms with E-state index in [-0.39, 0.29) is 17.0 Å². The number of carbonyl (C=O) groups is 1. The van der Waals surface area contributed by atoms with Gasteiger partial charge >= 0.3 is 5.97 Å². The molecule has 1 N–H and O–H groups in total. The number of nitrogens with zero attached hydrogens (tertiary/aromatic N) is 1. The molecule has 1 aromatic carbocycles. The van der Waals surface area contributed by atoms with E-state index in [9.17, 15) is 23.3 Å². The Kier molecular flexibility index (Phi) is 6.24. The number of nitro benzene ring substituents is 1. The number of hydrogen-bond acceptors (Lipinski definition) is 6. The summed E-state index contributed by atoms with van der Waals surface area (Å²) in [5.41, 5.74) is -0.223. The zero-order valence-electron chi connectivity index (χ0n) is 11.0. The number of ether oxygens (including phenoxy) is 1. The summed E-state index contributed by atoms with van der Waals surface area (Å²) in [7, 11) is -2.82. The average Bonchev–Trinajstić information content (AvgIpc) is 2.45. The number of alkyl halides is 1. The molecule has 116 valence electrons. The molecule has 0 aromatic heterocycles. The highest BCUT2D eigenvalue weighted by atomic mass is 79.9. The molecule has 0 saturated carbocycles. The number of halogens is 1. The molecule has 0 spiro atoms. The third-order valence-corrected chi connectivity index (χ3v) is 4.48. The maximum Gasteiger partial charge on any atom is 0.323 e. The molecule has 1 atom stereocenters. The number of sulfonamides is 1. The molecular weight excluding hydrogens is 368 g/mol. The minimum atomic E-state index is -3.97. The van der Waals surface area contributed by atoms with Crippen LogP contribution >= 0.6 is 15.9 Å². The van der Waals surface area contributed by atoms with Gasteiger partial charge < -0.3 is 4.74 Å². The molecule has 0 aliphatic heterocycles. The van der Waals surface area contributed by atoms with E-state index in [2.05, 4.69) is 25.4 Å². The number of carbonyl (C=O) groups excluding carboxylic acids is 1. The van der Waals surface area contributed by atoms with E-state index in [1.165, 1.54) is 0 Å². The molecule has 1 rings (SSSR count). The largest absolute Gasteiger partial charge is 0.468 e. The number of nitrogens with one attached hydrogen (secondary N) is 1. The van der Waals surface area contributed by atoms with E-state index < -0.39 is 27.0 Å². The fourth-order valence-corrected chi connectivity index (χ4v) is 3.16. The predicted octanol–water partition coefficient (Wildman–Crippen LogP) is 1.20. The molecule has 21 heavy (non-hydrogen) atoms. The van der Waals surface area contributed by atoms with Crippen molar-refractivity contribution in [3.05, 3.63) is 34.4 Å². The standard InChI is InChI=1S/C11H13BrN2O6S/c1-20-11(15)10(6-7-12)13-21(18,19)9-4-2-8(3-5-9)14(16)17/h2-5,10,13H,6-7H2,1H3/t10-/m0/s1. The second kappa shape index (κ2) is 7.48. The normalized spacial score (nSPS) is 12.7. The van der Waals surface area contributed by atoms with Crippen LogP contribution in [-0.2, 0) is 19.6 Å². The first kappa shape index (κ1) is 17.5. The Labute approximate surface area is 129 Å². The van der Waals surface area contributed by atoms with Gasteiger partial charge in [-0.05, 0) is 18.6 Å². The molecule has 0 bridgehead atoms. The van der Waals surface area contributed by atoms with Gasteiger partial charge in [0.05, 0.1) is 16.9 Å². The van der Waals surface area contributed by atoms with Gasteiger partial charge in [0.15, 0.2) is 0 Å². The first-order valence-corrected chi connectivity index (χ1v) is 8.33. The number of nitro groups is 1. The number of non-ortho nitro benzene ring substituents is 1. The van der Waals surface area contributed by atoms with Crippen LogP contribution in [0.15, 0.2) is 29.2 Å². The van der Waals surface area contributed by atoms with Crippen LogP contribution in [0.1, 0.15) is 6.42 Å². The van der Waals surface area contributed by atoms with E-state index in [1.807, 2.05) is 0 Å². The molecule has 10 heteroatoms. The molecule has 0 aliphatic rings. The Morgan fingerprint density at radius 3 is 2.43 bits per heavy atom. The van der Waals surface area contributed by atoms with Gasteiger partial charge in [-0.1, -0.05) is 15.9 Å². The van der Waals surface area contributed by atoms with E-state index in [4.69, 9.17) is 0 Å². The monoisotopic (exact) mass is 380 g/mol. The molecule has 1 aromatic rings. The first-order valence-electron chi connectivity index (χ1n) is 5.72. The molecule has 0 fully saturated rings. The van der Waals surface area contributed by atoms with Gasteiger partial charge in [-0.2, -0.15) is 4.72 Å².